The van der Waals surface area contributed by atoms with Crippen LogP contribution in [0.2, 0.25) is 0 Å². The second-order valence-corrected chi connectivity index (χ2v) is 7.99. The summed E-state index contributed by atoms with van der Waals surface area (Å²) in [6.07, 6.45) is 4.63. The first-order valence-electron chi connectivity index (χ1n) is 9.09. The normalized spacial score (nSPS) is 17.5. The van der Waals surface area contributed by atoms with Gasteiger partial charge in [0.2, 0.25) is 0 Å². The lowest BCUT2D eigenvalue weighted by Gasteiger charge is -2.22. The number of likely N-dealkylation sites (tertiary alicyclic amines) is 1. The zero-order valence-electron chi connectivity index (χ0n) is 14.8. The first-order valence-corrected chi connectivity index (χ1v) is 10.2. The van der Waals surface area contributed by atoms with E-state index in [0.29, 0.717) is 17.2 Å². The van der Waals surface area contributed by atoms with Crippen LogP contribution in [0.4, 0.5) is 0 Å². The largest absolute Gasteiger partial charge is 0.339 e. The molecular weight excluding hydrogens is 453 g/mol. The van der Waals surface area contributed by atoms with E-state index in [1.807, 2.05) is 29.2 Å². The van der Waals surface area contributed by atoms with Crippen LogP contribution in [-0.4, -0.2) is 44.1 Å². The van der Waals surface area contributed by atoms with Gasteiger partial charge in [0.05, 0.1) is 11.3 Å². The van der Waals surface area contributed by atoms with Crippen LogP contribution in [0.25, 0.3) is 5.69 Å². The van der Waals surface area contributed by atoms with Crippen LogP contribution in [-0.2, 0) is 0 Å². The fourth-order valence-electron chi connectivity index (χ4n) is 3.68. The number of hydrogen-bond acceptors (Lipinski definition) is 4. The maximum Gasteiger partial charge on any atom is 0.256 e. The van der Waals surface area contributed by atoms with Gasteiger partial charge >= 0.3 is 0 Å². The fraction of sp³-hybridized carbons (Fsp3) is 0.300. The van der Waals surface area contributed by atoms with Gasteiger partial charge < -0.3 is 4.90 Å². The minimum absolute atomic E-state index is 0.0488. The van der Waals surface area contributed by atoms with Gasteiger partial charge in [0.1, 0.15) is 6.33 Å². The molecule has 1 aliphatic rings. The van der Waals surface area contributed by atoms with Crippen molar-refractivity contribution < 1.29 is 4.79 Å². The van der Waals surface area contributed by atoms with Gasteiger partial charge in [-0.15, -0.1) is 5.10 Å². The average Bonchev–Trinajstić information content (AvgIpc) is 3.12. The molecule has 0 bridgehead atoms. The second-order valence-electron chi connectivity index (χ2n) is 6.75. The Morgan fingerprint density at radius 1 is 1.07 bits per heavy atom. The van der Waals surface area contributed by atoms with E-state index in [-0.39, 0.29) is 5.91 Å². The molecule has 2 heterocycles. The standard InChI is InChI=1S/C20H20IN5O/c21-17-8-9-19(26-14-22-23-24-26)18(13-17)20(27)25-11-4-7-16(10-12-25)15-5-2-1-3-6-15/h1-3,5-6,8-9,13-14,16H,4,7,10-12H2. The van der Waals surface area contributed by atoms with Crippen LogP contribution in [0.15, 0.2) is 54.9 Å². The number of aromatic nitrogens is 4. The maximum atomic E-state index is 13.3. The Bertz CT molecular complexity index is 913. The number of carbonyl (C=O) groups is 1. The Labute approximate surface area is 171 Å². The number of hydrogen-bond donors (Lipinski definition) is 0. The Hall–Kier alpha value is -2.29. The average molecular weight is 473 g/mol. The van der Waals surface area contributed by atoms with Crippen molar-refractivity contribution in [3.8, 4) is 5.69 Å². The van der Waals surface area contributed by atoms with Crippen molar-refractivity contribution >= 4 is 28.5 Å². The van der Waals surface area contributed by atoms with Crippen molar-refractivity contribution in [3.05, 3.63) is 69.6 Å². The van der Waals surface area contributed by atoms with Crippen LogP contribution in [0.5, 0.6) is 0 Å². The molecule has 6 nitrogen and oxygen atoms in total. The summed E-state index contributed by atoms with van der Waals surface area (Å²) in [4.78, 5) is 15.3. The van der Waals surface area contributed by atoms with Crippen molar-refractivity contribution in [2.24, 2.45) is 0 Å². The molecule has 0 spiro atoms. The van der Waals surface area contributed by atoms with Crippen molar-refractivity contribution in [1.29, 1.82) is 0 Å². The molecule has 1 aliphatic heterocycles. The molecule has 138 valence electrons. The molecule has 0 N–H and O–H groups in total. The Morgan fingerprint density at radius 3 is 2.70 bits per heavy atom. The van der Waals surface area contributed by atoms with Crippen LogP contribution >= 0.6 is 22.6 Å². The molecule has 0 aliphatic carbocycles. The van der Waals surface area contributed by atoms with Gasteiger partial charge in [-0.1, -0.05) is 30.3 Å². The van der Waals surface area contributed by atoms with E-state index in [4.69, 9.17) is 0 Å². The number of carbonyl (C=O) groups excluding carboxylic acids is 1. The van der Waals surface area contributed by atoms with Crippen molar-refractivity contribution in [2.75, 3.05) is 13.1 Å². The molecule has 1 aromatic heterocycles. The summed E-state index contributed by atoms with van der Waals surface area (Å²) >= 11 is 2.23. The van der Waals surface area contributed by atoms with Crippen LogP contribution in [0.1, 0.15) is 41.1 Å². The first-order chi connectivity index (χ1) is 13.2. The highest BCUT2D eigenvalue weighted by Crippen LogP contribution is 2.29. The topological polar surface area (TPSA) is 63.9 Å². The molecule has 1 fully saturated rings. The van der Waals surface area contributed by atoms with Crippen LogP contribution in [0, 0.1) is 3.57 Å². The lowest BCUT2D eigenvalue weighted by molar-refractivity contribution is 0.0761. The lowest BCUT2D eigenvalue weighted by atomic mass is 9.92. The smallest absolute Gasteiger partial charge is 0.256 e. The minimum Gasteiger partial charge on any atom is -0.339 e. The quantitative estimate of drug-likeness (QED) is 0.545. The summed E-state index contributed by atoms with van der Waals surface area (Å²) in [7, 11) is 0. The second kappa shape index (κ2) is 8.16. The number of rotatable bonds is 3. The summed E-state index contributed by atoms with van der Waals surface area (Å²) in [6, 6.07) is 16.4. The first kappa shape index (κ1) is 18.1. The van der Waals surface area contributed by atoms with Crippen molar-refractivity contribution in [2.45, 2.75) is 25.2 Å². The molecule has 1 saturated heterocycles. The Kier molecular flexibility index (Phi) is 5.47. The number of benzene rings is 2. The molecule has 1 atom stereocenters. The summed E-state index contributed by atoms with van der Waals surface area (Å²) in [5.74, 6) is 0.562. The van der Waals surface area contributed by atoms with E-state index < -0.39 is 0 Å². The van der Waals surface area contributed by atoms with Gasteiger partial charge in [0.15, 0.2) is 0 Å². The third-order valence-electron chi connectivity index (χ3n) is 5.07. The molecule has 3 aromatic rings. The highest BCUT2D eigenvalue weighted by molar-refractivity contribution is 14.1. The third kappa shape index (κ3) is 4.02. The molecular formula is C20H20IN5O. The predicted octanol–water partition coefficient (Wildman–Crippen LogP) is 3.68. The van der Waals surface area contributed by atoms with Crippen molar-refractivity contribution in [3.63, 3.8) is 0 Å². The maximum absolute atomic E-state index is 13.3. The number of nitrogens with zero attached hydrogens (tertiary/aromatic N) is 5. The molecule has 27 heavy (non-hydrogen) atoms. The van der Waals surface area contributed by atoms with E-state index >= 15 is 0 Å². The molecule has 1 unspecified atom stereocenters. The monoisotopic (exact) mass is 473 g/mol. The molecule has 7 heteroatoms. The van der Waals surface area contributed by atoms with E-state index in [2.05, 4.69) is 62.4 Å². The Morgan fingerprint density at radius 2 is 1.93 bits per heavy atom. The van der Waals surface area contributed by atoms with Crippen LogP contribution in [0.3, 0.4) is 0 Å². The van der Waals surface area contributed by atoms with Crippen LogP contribution < -0.4 is 0 Å². The molecule has 4 rings (SSSR count). The van der Waals surface area contributed by atoms with Crippen molar-refractivity contribution in [1.82, 2.24) is 25.1 Å². The zero-order chi connectivity index (χ0) is 18.6. The molecule has 1 amide bonds. The van der Waals surface area contributed by atoms with Gasteiger partial charge in [-0.25, -0.2) is 0 Å². The van der Waals surface area contributed by atoms with Gasteiger partial charge in [0, 0.05) is 16.7 Å². The highest BCUT2D eigenvalue weighted by atomic mass is 127. The highest BCUT2D eigenvalue weighted by Gasteiger charge is 2.25. The van der Waals surface area contributed by atoms with E-state index in [9.17, 15) is 4.79 Å². The SMILES string of the molecule is O=C(c1cc(I)ccc1-n1cnnn1)N1CCCC(c2ccccc2)CC1. The van der Waals surface area contributed by atoms with Gasteiger partial charge in [-0.3, -0.25) is 4.79 Å². The minimum atomic E-state index is 0.0488. The molecule has 0 radical (unpaired) electrons. The lowest BCUT2D eigenvalue weighted by Crippen LogP contribution is -2.32. The molecule has 2 aromatic carbocycles. The predicted molar refractivity (Wildman–Crippen MR) is 111 cm³/mol. The number of halogens is 1. The summed E-state index contributed by atoms with van der Waals surface area (Å²) in [6.45, 7) is 1.54. The summed E-state index contributed by atoms with van der Waals surface area (Å²) in [5, 5.41) is 11.4. The number of amides is 1. The van der Waals surface area contributed by atoms with E-state index in [1.165, 1.54) is 11.9 Å². The van der Waals surface area contributed by atoms with Gasteiger partial charge in [-0.05, 0) is 82.0 Å². The molecule has 0 saturated carbocycles. The summed E-state index contributed by atoms with van der Waals surface area (Å²) < 4.78 is 2.57. The Balaban J connectivity index is 1.56. The fourth-order valence-corrected chi connectivity index (χ4v) is 4.17. The van der Waals surface area contributed by atoms with Gasteiger partial charge in [-0.2, -0.15) is 4.68 Å². The van der Waals surface area contributed by atoms with E-state index in [0.717, 1.165) is 35.9 Å². The third-order valence-corrected chi connectivity index (χ3v) is 5.74. The summed E-state index contributed by atoms with van der Waals surface area (Å²) in [5.41, 5.74) is 2.73. The number of tetrazole rings is 1. The zero-order valence-corrected chi connectivity index (χ0v) is 17.0. The van der Waals surface area contributed by atoms with Gasteiger partial charge in [0.25, 0.3) is 5.91 Å². The van der Waals surface area contributed by atoms with E-state index in [1.54, 1.807) is 4.68 Å².